The number of pyridine rings is 1. The second kappa shape index (κ2) is 7.87. The molecule has 0 radical (unpaired) electrons. The average Bonchev–Trinajstić information content (AvgIpc) is 2.67. The maximum atomic E-state index is 11.1. The second-order valence-corrected chi connectivity index (χ2v) is 6.84. The lowest BCUT2D eigenvalue weighted by atomic mass is 9.89. The molecule has 2 fully saturated rings. The minimum absolute atomic E-state index is 0.00560. The zero-order valence-corrected chi connectivity index (χ0v) is 15.3. The van der Waals surface area contributed by atoms with Crippen LogP contribution in [-0.4, -0.2) is 59.3 Å². The molecule has 1 N–H and O–H groups in total. The normalized spacial score (nSPS) is 22.0. The molecular formula is C19H23N5O3. The molecule has 142 valence electrons. The van der Waals surface area contributed by atoms with Gasteiger partial charge in [-0.2, -0.15) is 4.98 Å². The number of anilines is 1. The molecule has 0 bridgehead atoms. The lowest BCUT2D eigenvalue weighted by Crippen LogP contribution is -2.48. The molecule has 0 aromatic carbocycles. The highest BCUT2D eigenvalue weighted by atomic mass is 16.5. The molecule has 2 aliphatic rings. The summed E-state index contributed by atoms with van der Waals surface area (Å²) in [6, 6.07) is 5.90. The maximum absolute atomic E-state index is 11.1. The van der Waals surface area contributed by atoms with Crippen LogP contribution in [0.4, 0.5) is 5.95 Å². The number of nitrogens with zero attached hydrogens (tertiary/aromatic N) is 4. The quantitative estimate of drug-likeness (QED) is 0.852. The van der Waals surface area contributed by atoms with Gasteiger partial charge in [0.05, 0.1) is 18.9 Å². The van der Waals surface area contributed by atoms with E-state index in [9.17, 15) is 4.79 Å². The Hall–Kier alpha value is -2.74. The highest BCUT2D eigenvalue weighted by molar-refractivity contribution is 5.73. The molecule has 8 heteroatoms. The minimum atomic E-state index is -0.00560. The lowest BCUT2D eigenvalue weighted by Gasteiger charge is -2.35. The number of carbonyl (C=O) groups excluding carboxylic acids is 1. The molecule has 2 aromatic heterocycles. The summed E-state index contributed by atoms with van der Waals surface area (Å²) in [7, 11) is 0. The number of nitrogens with one attached hydrogen (secondary N) is 1. The van der Waals surface area contributed by atoms with E-state index in [0.29, 0.717) is 25.0 Å². The van der Waals surface area contributed by atoms with Crippen LogP contribution in [0.1, 0.15) is 19.8 Å². The molecule has 2 aromatic rings. The van der Waals surface area contributed by atoms with Crippen molar-refractivity contribution in [3.8, 4) is 17.1 Å². The Balaban J connectivity index is 1.54. The fourth-order valence-electron chi connectivity index (χ4n) is 3.28. The van der Waals surface area contributed by atoms with Crippen molar-refractivity contribution < 1.29 is 14.3 Å². The van der Waals surface area contributed by atoms with E-state index < -0.39 is 0 Å². The Kier molecular flexibility index (Phi) is 5.15. The molecule has 8 nitrogen and oxygen atoms in total. The molecule has 4 rings (SSSR count). The Bertz CT molecular complexity index is 789. The minimum Gasteiger partial charge on any atom is -0.474 e. The number of hydrogen-bond acceptors (Lipinski definition) is 7. The summed E-state index contributed by atoms with van der Waals surface area (Å²) in [6.07, 6.45) is 5.15. The topological polar surface area (TPSA) is 89.5 Å². The molecule has 1 amide bonds. The summed E-state index contributed by atoms with van der Waals surface area (Å²) in [5.74, 6) is 1.19. The van der Waals surface area contributed by atoms with Crippen molar-refractivity contribution in [1.29, 1.82) is 0 Å². The van der Waals surface area contributed by atoms with Gasteiger partial charge in [0.2, 0.25) is 17.7 Å². The van der Waals surface area contributed by atoms with Gasteiger partial charge in [-0.25, -0.2) is 4.98 Å². The van der Waals surface area contributed by atoms with Crippen LogP contribution in [0.5, 0.6) is 5.88 Å². The average molecular weight is 369 g/mol. The Morgan fingerprint density at radius 1 is 1.30 bits per heavy atom. The monoisotopic (exact) mass is 369 g/mol. The van der Waals surface area contributed by atoms with E-state index in [1.807, 2.05) is 18.2 Å². The van der Waals surface area contributed by atoms with Gasteiger partial charge in [0, 0.05) is 62.9 Å². The first-order valence-electron chi connectivity index (χ1n) is 9.23. The molecule has 1 saturated heterocycles. The number of rotatable bonds is 5. The van der Waals surface area contributed by atoms with E-state index >= 15 is 0 Å². The highest BCUT2D eigenvalue weighted by Crippen LogP contribution is 2.29. The SMILES string of the molecule is CC(=O)NC1CC(Oc2cc(-c3cccnc3)nc(N3CCOCC3)n2)C1. The van der Waals surface area contributed by atoms with E-state index in [0.717, 1.165) is 37.2 Å². The van der Waals surface area contributed by atoms with Crippen LogP contribution in [-0.2, 0) is 9.53 Å². The number of carbonyl (C=O) groups is 1. The van der Waals surface area contributed by atoms with Crippen LogP contribution in [0.25, 0.3) is 11.3 Å². The Morgan fingerprint density at radius 3 is 2.81 bits per heavy atom. The first-order valence-corrected chi connectivity index (χ1v) is 9.23. The van der Waals surface area contributed by atoms with Gasteiger partial charge in [-0.05, 0) is 12.1 Å². The van der Waals surface area contributed by atoms with Gasteiger partial charge in [-0.3, -0.25) is 9.78 Å². The third-order valence-corrected chi connectivity index (χ3v) is 4.73. The molecule has 1 saturated carbocycles. The van der Waals surface area contributed by atoms with Gasteiger partial charge < -0.3 is 19.7 Å². The van der Waals surface area contributed by atoms with E-state index in [-0.39, 0.29) is 18.1 Å². The van der Waals surface area contributed by atoms with Crippen LogP contribution in [0.2, 0.25) is 0 Å². The highest BCUT2D eigenvalue weighted by Gasteiger charge is 2.32. The summed E-state index contributed by atoms with van der Waals surface area (Å²) >= 11 is 0. The van der Waals surface area contributed by atoms with Crippen molar-refractivity contribution in [3.05, 3.63) is 30.6 Å². The van der Waals surface area contributed by atoms with Crippen molar-refractivity contribution in [2.24, 2.45) is 0 Å². The number of aromatic nitrogens is 3. The van der Waals surface area contributed by atoms with Gasteiger partial charge in [0.15, 0.2) is 0 Å². The van der Waals surface area contributed by atoms with Gasteiger partial charge in [0.1, 0.15) is 6.10 Å². The number of ether oxygens (including phenoxy) is 2. The van der Waals surface area contributed by atoms with Gasteiger partial charge in [0.25, 0.3) is 0 Å². The molecule has 27 heavy (non-hydrogen) atoms. The Morgan fingerprint density at radius 2 is 2.11 bits per heavy atom. The molecule has 0 atom stereocenters. The molecule has 0 spiro atoms. The van der Waals surface area contributed by atoms with Crippen LogP contribution in [0.3, 0.4) is 0 Å². The van der Waals surface area contributed by atoms with Crippen LogP contribution >= 0.6 is 0 Å². The first kappa shape index (κ1) is 17.7. The molecule has 0 unspecified atom stereocenters. The zero-order chi connectivity index (χ0) is 18.6. The van der Waals surface area contributed by atoms with E-state index in [2.05, 4.69) is 20.2 Å². The summed E-state index contributed by atoms with van der Waals surface area (Å²) < 4.78 is 11.5. The fourth-order valence-corrected chi connectivity index (χ4v) is 3.28. The van der Waals surface area contributed by atoms with E-state index in [1.165, 1.54) is 6.92 Å². The van der Waals surface area contributed by atoms with Crippen LogP contribution in [0, 0.1) is 0 Å². The third kappa shape index (κ3) is 4.33. The first-order chi connectivity index (χ1) is 13.2. The molecule has 3 heterocycles. The predicted molar refractivity (Wildman–Crippen MR) is 99.5 cm³/mol. The summed E-state index contributed by atoms with van der Waals surface area (Å²) in [5.41, 5.74) is 1.70. The smallest absolute Gasteiger partial charge is 0.229 e. The van der Waals surface area contributed by atoms with Crippen molar-refractivity contribution in [1.82, 2.24) is 20.3 Å². The van der Waals surface area contributed by atoms with E-state index in [4.69, 9.17) is 14.5 Å². The zero-order valence-electron chi connectivity index (χ0n) is 15.3. The standard InChI is InChI=1S/C19H23N5O3/c1-13(25)21-15-9-16(10-15)27-18-11-17(14-3-2-4-20-12-14)22-19(23-18)24-5-7-26-8-6-24/h2-4,11-12,15-16H,5-10H2,1H3,(H,21,25). The van der Waals surface area contributed by atoms with Crippen molar-refractivity contribution >= 4 is 11.9 Å². The van der Waals surface area contributed by atoms with Gasteiger partial charge in [-0.1, -0.05) is 0 Å². The summed E-state index contributed by atoms with van der Waals surface area (Å²) in [4.78, 5) is 26.8. The summed E-state index contributed by atoms with van der Waals surface area (Å²) in [5, 5.41) is 2.91. The largest absolute Gasteiger partial charge is 0.474 e. The fraction of sp³-hybridized carbons (Fsp3) is 0.474. The van der Waals surface area contributed by atoms with Crippen molar-refractivity contribution in [3.63, 3.8) is 0 Å². The number of morpholine rings is 1. The Labute approximate surface area is 157 Å². The third-order valence-electron chi connectivity index (χ3n) is 4.73. The molecule has 1 aliphatic heterocycles. The van der Waals surface area contributed by atoms with Crippen LogP contribution < -0.4 is 15.0 Å². The van der Waals surface area contributed by atoms with Crippen molar-refractivity contribution in [2.75, 3.05) is 31.2 Å². The number of hydrogen-bond donors (Lipinski definition) is 1. The predicted octanol–water partition coefficient (Wildman–Crippen LogP) is 1.42. The van der Waals surface area contributed by atoms with E-state index in [1.54, 1.807) is 12.4 Å². The van der Waals surface area contributed by atoms with Crippen LogP contribution in [0.15, 0.2) is 30.6 Å². The van der Waals surface area contributed by atoms with Crippen molar-refractivity contribution in [2.45, 2.75) is 31.9 Å². The lowest BCUT2D eigenvalue weighted by molar-refractivity contribution is -0.120. The second-order valence-electron chi connectivity index (χ2n) is 6.84. The van der Waals surface area contributed by atoms with Gasteiger partial charge >= 0.3 is 0 Å². The molecular weight excluding hydrogens is 346 g/mol. The maximum Gasteiger partial charge on any atom is 0.229 e. The number of amides is 1. The molecule has 1 aliphatic carbocycles. The summed E-state index contributed by atoms with van der Waals surface area (Å²) in [6.45, 7) is 4.37. The van der Waals surface area contributed by atoms with Gasteiger partial charge in [-0.15, -0.1) is 0 Å².